The van der Waals surface area contributed by atoms with Gasteiger partial charge in [0.05, 0.1) is 13.7 Å². The summed E-state index contributed by atoms with van der Waals surface area (Å²) in [5, 5.41) is 13.5. The van der Waals surface area contributed by atoms with Crippen molar-refractivity contribution in [2.24, 2.45) is 0 Å². The Kier molecular flexibility index (Phi) is 4.15. The second-order valence-corrected chi connectivity index (χ2v) is 5.31. The lowest BCUT2D eigenvalue weighted by Crippen LogP contribution is -2.22. The van der Waals surface area contributed by atoms with Crippen molar-refractivity contribution in [3.8, 4) is 17.1 Å². The Hall–Kier alpha value is -2.67. The topological polar surface area (TPSA) is 79.9 Å². The molecule has 3 aromatic rings. The van der Waals surface area contributed by atoms with Crippen LogP contribution in [0.1, 0.15) is 16.2 Å². The lowest BCUT2D eigenvalue weighted by molar-refractivity contribution is 0.0950. The molecule has 7 heteroatoms. The van der Waals surface area contributed by atoms with Crippen molar-refractivity contribution in [1.82, 2.24) is 20.5 Å². The second kappa shape index (κ2) is 6.40. The number of aromatic nitrogens is 3. The Morgan fingerprint density at radius 2 is 2.14 bits per heavy atom. The lowest BCUT2D eigenvalue weighted by Gasteiger charge is -2.00. The Morgan fingerprint density at radius 1 is 1.32 bits per heavy atom. The third kappa shape index (κ3) is 3.15. The van der Waals surface area contributed by atoms with Crippen molar-refractivity contribution < 1.29 is 9.53 Å². The van der Waals surface area contributed by atoms with Crippen LogP contribution in [-0.2, 0) is 6.54 Å². The van der Waals surface area contributed by atoms with Gasteiger partial charge < -0.3 is 10.1 Å². The third-order valence-corrected chi connectivity index (χ3v) is 3.76. The average molecular weight is 314 g/mol. The fraction of sp³-hybridized carbons (Fsp3) is 0.133. The molecule has 1 aromatic carbocycles. The summed E-state index contributed by atoms with van der Waals surface area (Å²) in [6, 6.07) is 9.25. The van der Waals surface area contributed by atoms with E-state index in [1.165, 1.54) is 11.3 Å². The molecule has 0 saturated carbocycles. The molecule has 0 unspecified atom stereocenters. The standard InChI is InChI=1S/C15H14N4O2S/c1-21-12-4-2-10(3-5-12)14-17-13(18-19-14)8-16-15(20)11-6-7-22-9-11/h2-7,9H,8H2,1H3,(H,16,20)(H,17,18,19). The molecule has 0 radical (unpaired) electrons. The molecular formula is C15H14N4O2S. The highest BCUT2D eigenvalue weighted by Crippen LogP contribution is 2.18. The molecule has 2 N–H and O–H groups in total. The monoisotopic (exact) mass is 314 g/mol. The van der Waals surface area contributed by atoms with Crippen LogP contribution in [0.5, 0.6) is 5.75 Å². The van der Waals surface area contributed by atoms with E-state index < -0.39 is 0 Å². The molecule has 2 heterocycles. The van der Waals surface area contributed by atoms with Crippen LogP contribution in [-0.4, -0.2) is 28.2 Å². The molecule has 3 rings (SSSR count). The van der Waals surface area contributed by atoms with Crippen LogP contribution in [0.3, 0.4) is 0 Å². The summed E-state index contributed by atoms with van der Waals surface area (Å²) in [6.07, 6.45) is 0. The first-order valence-electron chi connectivity index (χ1n) is 6.62. The van der Waals surface area contributed by atoms with Crippen molar-refractivity contribution >= 4 is 17.2 Å². The number of thiophene rings is 1. The number of ether oxygens (including phenoxy) is 1. The molecule has 22 heavy (non-hydrogen) atoms. The summed E-state index contributed by atoms with van der Waals surface area (Å²) < 4.78 is 5.12. The van der Waals surface area contributed by atoms with Crippen molar-refractivity contribution in [2.45, 2.75) is 6.54 Å². The number of hydrogen-bond donors (Lipinski definition) is 2. The zero-order valence-electron chi connectivity index (χ0n) is 11.9. The van der Waals surface area contributed by atoms with Crippen LogP contribution in [0, 0.1) is 0 Å². The van der Waals surface area contributed by atoms with Crippen molar-refractivity contribution in [3.05, 3.63) is 52.5 Å². The van der Waals surface area contributed by atoms with E-state index in [-0.39, 0.29) is 5.91 Å². The highest BCUT2D eigenvalue weighted by atomic mass is 32.1. The quantitative estimate of drug-likeness (QED) is 0.758. The molecule has 0 aliphatic heterocycles. The van der Waals surface area contributed by atoms with Gasteiger partial charge in [-0.25, -0.2) is 4.98 Å². The first kappa shape index (κ1) is 14.3. The molecule has 0 bridgehead atoms. The molecule has 2 aromatic heterocycles. The van der Waals surface area contributed by atoms with E-state index in [0.29, 0.717) is 23.8 Å². The van der Waals surface area contributed by atoms with Crippen LogP contribution < -0.4 is 10.1 Å². The average Bonchev–Trinajstić information content (AvgIpc) is 3.24. The van der Waals surface area contributed by atoms with Gasteiger partial charge in [0.15, 0.2) is 5.82 Å². The number of nitrogens with zero attached hydrogens (tertiary/aromatic N) is 2. The van der Waals surface area contributed by atoms with E-state index >= 15 is 0 Å². The number of nitrogens with one attached hydrogen (secondary N) is 2. The van der Waals surface area contributed by atoms with E-state index in [2.05, 4.69) is 20.5 Å². The number of methoxy groups -OCH3 is 1. The summed E-state index contributed by atoms with van der Waals surface area (Å²) >= 11 is 1.49. The van der Waals surface area contributed by atoms with Crippen molar-refractivity contribution in [2.75, 3.05) is 7.11 Å². The van der Waals surface area contributed by atoms with Gasteiger partial charge in [-0.3, -0.25) is 9.89 Å². The number of amides is 1. The molecule has 0 aliphatic carbocycles. The lowest BCUT2D eigenvalue weighted by atomic mass is 10.2. The van der Waals surface area contributed by atoms with Gasteiger partial charge in [-0.05, 0) is 35.7 Å². The highest BCUT2D eigenvalue weighted by molar-refractivity contribution is 7.08. The molecule has 112 valence electrons. The van der Waals surface area contributed by atoms with E-state index in [1.54, 1.807) is 18.6 Å². The predicted molar refractivity (Wildman–Crippen MR) is 83.9 cm³/mol. The molecule has 1 amide bonds. The van der Waals surface area contributed by atoms with Gasteiger partial charge in [0.2, 0.25) is 0 Å². The number of hydrogen-bond acceptors (Lipinski definition) is 5. The summed E-state index contributed by atoms with van der Waals surface area (Å²) in [5.74, 6) is 1.85. The zero-order chi connectivity index (χ0) is 15.4. The minimum Gasteiger partial charge on any atom is -0.497 e. The molecule has 0 saturated heterocycles. The van der Waals surface area contributed by atoms with Gasteiger partial charge in [0, 0.05) is 16.5 Å². The summed E-state index contributed by atoms with van der Waals surface area (Å²) in [6.45, 7) is 0.303. The first-order valence-corrected chi connectivity index (χ1v) is 7.56. The van der Waals surface area contributed by atoms with Gasteiger partial charge in [-0.1, -0.05) is 0 Å². The van der Waals surface area contributed by atoms with E-state index in [4.69, 9.17) is 4.74 Å². The smallest absolute Gasteiger partial charge is 0.252 e. The maximum absolute atomic E-state index is 11.8. The van der Waals surface area contributed by atoms with E-state index in [1.807, 2.05) is 29.6 Å². The van der Waals surface area contributed by atoms with E-state index in [9.17, 15) is 4.79 Å². The summed E-state index contributed by atoms with van der Waals surface area (Å²) in [4.78, 5) is 16.2. The van der Waals surface area contributed by atoms with Crippen LogP contribution >= 0.6 is 11.3 Å². The highest BCUT2D eigenvalue weighted by Gasteiger charge is 2.09. The molecule has 0 atom stereocenters. The van der Waals surface area contributed by atoms with Gasteiger partial charge in [0.1, 0.15) is 11.6 Å². The largest absolute Gasteiger partial charge is 0.497 e. The van der Waals surface area contributed by atoms with Crippen LogP contribution in [0.2, 0.25) is 0 Å². The van der Waals surface area contributed by atoms with Crippen LogP contribution in [0.4, 0.5) is 0 Å². The molecule has 0 aliphatic rings. The Labute approximate surface area is 131 Å². The SMILES string of the molecule is COc1ccc(-c2n[nH]c(CNC(=O)c3ccsc3)n2)cc1. The number of carbonyl (C=O) groups is 1. The maximum Gasteiger partial charge on any atom is 0.252 e. The summed E-state index contributed by atoms with van der Waals surface area (Å²) in [7, 11) is 1.62. The third-order valence-electron chi connectivity index (χ3n) is 3.08. The Balaban J connectivity index is 1.64. The fourth-order valence-corrected chi connectivity index (χ4v) is 2.54. The molecule has 0 fully saturated rings. The molecular weight excluding hydrogens is 300 g/mol. The fourth-order valence-electron chi connectivity index (χ4n) is 1.90. The zero-order valence-corrected chi connectivity index (χ0v) is 12.7. The van der Waals surface area contributed by atoms with Gasteiger partial charge >= 0.3 is 0 Å². The van der Waals surface area contributed by atoms with Gasteiger partial charge in [0.25, 0.3) is 5.91 Å². The maximum atomic E-state index is 11.8. The minimum atomic E-state index is -0.122. The van der Waals surface area contributed by atoms with Crippen LogP contribution in [0.15, 0.2) is 41.1 Å². The van der Waals surface area contributed by atoms with Gasteiger partial charge in [-0.15, -0.1) is 0 Å². The number of aromatic amines is 1. The number of H-pyrrole nitrogens is 1. The van der Waals surface area contributed by atoms with Crippen LogP contribution in [0.25, 0.3) is 11.4 Å². The molecule has 0 spiro atoms. The number of benzene rings is 1. The van der Waals surface area contributed by atoms with Crippen molar-refractivity contribution in [1.29, 1.82) is 0 Å². The van der Waals surface area contributed by atoms with Gasteiger partial charge in [-0.2, -0.15) is 16.4 Å². The number of rotatable bonds is 5. The first-order chi connectivity index (χ1) is 10.8. The minimum absolute atomic E-state index is 0.122. The normalized spacial score (nSPS) is 10.4. The molecule has 6 nitrogen and oxygen atoms in total. The predicted octanol–water partition coefficient (Wildman–Crippen LogP) is 2.47. The Bertz CT molecular complexity index is 750. The van der Waals surface area contributed by atoms with E-state index in [0.717, 1.165) is 11.3 Å². The second-order valence-electron chi connectivity index (χ2n) is 4.53. The summed E-state index contributed by atoms with van der Waals surface area (Å²) in [5.41, 5.74) is 1.53. The number of carbonyl (C=O) groups excluding carboxylic acids is 1. The van der Waals surface area contributed by atoms with Crippen molar-refractivity contribution in [3.63, 3.8) is 0 Å². The Morgan fingerprint density at radius 3 is 2.82 bits per heavy atom.